The van der Waals surface area contributed by atoms with Gasteiger partial charge in [-0.15, -0.1) is 0 Å². The van der Waals surface area contributed by atoms with Crippen molar-refractivity contribution in [3.05, 3.63) is 33.4 Å². The second-order valence-electron chi connectivity index (χ2n) is 7.47. The van der Waals surface area contributed by atoms with Crippen molar-refractivity contribution >= 4 is 35.6 Å². The van der Waals surface area contributed by atoms with E-state index in [1.54, 1.807) is 0 Å². The summed E-state index contributed by atoms with van der Waals surface area (Å²) in [4.78, 5) is 13.0. The summed E-state index contributed by atoms with van der Waals surface area (Å²) in [7, 11) is -1.36. The summed E-state index contributed by atoms with van der Waals surface area (Å²) in [6.07, 6.45) is 4.44. The molecule has 3 heteroatoms. The molecule has 0 heterocycles. The molecule has 1 aromatic carbocycles. The molecule has 0 spiro atoms. The van der Waals surface area contributed by atoms with Crippen LogP contribution >= 0.6 is 29.9 Å². The molecule has 0 saturated carbocycles. The molecule has 0 aliphatic rings. The predicted molar refractivity (Wildman–Crippen MR) is 110 cm³/mol. The fourth-order valence-electron chi connectivity index (χ4n) is 3.32. The number of Topliss-reactive ketones (excluding diaryl/α,β-unsaturated/α-hetero) is 1. The van der Waals surface area contributed by atoms with Crippen LogP contribution in [0.4, 0.5) is 0 Å². The number of ketones is 1. The molecule has 124 valence electrons. The van der Waals surface area contributed by atoms with Gasteiger partial charge in [-0.05, 0) is 75.8 Å². The standard InChI is InChI=1S/C19H31IOP/c1-7-8-12-22(15(2)3,19(4,5)6)14-18(21)16-10-9-11-17(20)13-16/h9-11,13,15H,7-8,12,14H2,1-6H3/q+1. The van der Waals surface area contributed by atoms with Crippen LogP contribution in [-0.2, 0) is 0 Å². The Balaban J connectivity index is 3.14. The molecule has 1 nitrogen and oxygen atoms in total. The maximum Gasteiger partial charge on any atom is 0.199 e. The van der Waals surface area contributed by atoms with Gasteiger partial charge < -0.3 is 0 Å². The Bertz CT molecular complexity index is 504. The number of benzene rings is 1. The van der Waals surface area contributed by atoms with Crippen molar-refractivity contribution in [2.24, 2.45) is 0 Å². The van der Waals surface area contributed by atoms with Gasteiger partial charge in [0.1, 0.15) is 6.16 Å². The van der Waals surface area contributed by atoms with Crippen LogP contribution in [0.5, 0.6) is 0 Å². The summed E-state index contributed by atoms with van der Waals surface area (Å²) in [5.41, 5.74) is 1.49. The minimum absolute atomic E-state index is 0.230. The first-order chi connectivity index (χ1) is 10.1. The lowest BCUT2D eigenvalue weighted by Crippen LogP contribution is -2.33. The molecule has 0 N–H and O–H groups in total. The van der Waals surface area contributed by atoms with Gasteiger partial charge in [0.05, 0.1) is 17.0 Å². The van der Waals surface area contributed by atoms with Crippen LogP contribution < -0.4 is 0 Å². The molecule has 0 aromatic heterocycles. The van der Waals surface area contributed by atoms with Gasteiger partial charge in [-0.2, -0.15) is 0 Å². The zero-order valence-electron chi connectivity index (χ0n) is 14.9. The third-order valence-corrected chi connectivity index (χ3v) is 12.1. The Kier molecular flexibility index (Phi) is 7.52. The van der Waals surface area contributed by atoms with Gasteiger partial charge in [0, 0.05) is 16.4 Å². The molecule has 1 aromatic rings. The normalized spacial score (nSPS) is 14.9. The largest absolute Gasteiger partial charge is 0.290 e. The van der Waals surface area contributed by atoms with Crippen molar-refractivity contribution in [3.63, 3.8) is 0 Å². The molecular weight excluding hydrogens is 402 g/mol. The molecule has 1 rings (SSSR count). The van der Waals surface area contributed by atoms with Crippen molar-refractivity contribution in [1.82, 2.24) is 0 Å². The highest BCUT2D eigenvalue weighted by atomic mass is 127. The third-order valence-electron chi connectivity index (χ3n) is 4.81. The van der Waals surface area contributed by atoms with E-state index in [-0.39, 0.29) is 5.16 Å². The van der Waals surface area contributed by atoms with E-state index in [2.05, 4.69) is 64.1 Å². The molecule has 0 amide bonds. The number of carbonyl (C=O) groups excluding carboxylic acids is 1. The van der Waals surface area contributed by atoms with Gasteiger partial charge in [-0.25, -0.2) is 0 Å². The summed E-state index contributed by atoms with van der Waals surface area (Å²) < 4.78 is 1.14. The lowest BCUT2D eigenvalue weighted by molar-refractivity contribution is 0.102. The average Bonchev–Trinajstić information content (AvgIpc) is 2.41. The second kappa shape index (κ2) is 8.24. The zero-order valence-corrected chi connectivity index (χ0v) is 18.0. The van der Waals surface area contributed by atoms with Gasteiger partial charge >= 0.3 is 0 Å². The van der Waals surface area contributed by atoms with Crippen LogP contribution in [0.15, 0.2) is 24.3 Å². The molecule has 0 aliphatic carbocycles. The lowest BCUT2D eigenvalue weighted by Gasteiger charge is -2.41. The lowest BCUT2D eigenvalue weighted by atomic mass is 10.1. The van der Waals surface area contributed by atoms with Gasteiger partial charge in [-0.3, -0.25) is 4.79 Å². The van der Waals surface area contributed by atoms with E-state index < -0.39 is 7.26 Å². The Hall–Kier alpha value is 0.0500. The maximum atomic E-state index is 13.0. The van der Waals surface area contributed by atoms with Crippen LogP contribution in [0.25, 0.3) is 0 Å². The van der Waals surface area contributed by atoms with Crippen molar-refractivity contribution in [1.29, 1.82) is 0 Å². The number of carbonyl (C=O) groups is 1. The van der Waals surface area contributed by atoms with Gasteiger partial charge in [0.25, 0.3) is 0 Å². The molecule has 0 saturated heterocycles. The number of hydrogen-bond donors (Lipinski definition) is 0. The summed E-state index contributed by atoms with van der Waals surface area (Å²) >= 11 is 2.29. The fraction of sp³-hybridized carbons (Fsp3) is 0.632. The number of unbranched alkanes of at least 4 members (excludes halogenated alkanes) is 1. The Labute approximate surface area is 151 Å². The van der Waals surface area contributed by atoms with E-state index in [9.17, 15) is 4.79 Å². The minimum Gasteiger partial charge on any atom is -0.290 e. The summed E-state index contributed by atoms with van der Waals surface area (Å²) in [5, 5.41) is 0.230. The van der Waals surface area contributed by atoms with E-state index in [1.807, 2.05) is 24.3 Å². The van der Waals surface area contributed by atoms with E-state index in [0.717, 1.165) is 15.3 Å². The van der Waals surface area contributed by atoms with E-state index in [0.29, 0.717) is 11.4 Å². The first-order valence-electron chi connectivity index (χ1n) is 8.29. The fourth-order valence-corrected chi connectivity index (χ4v) is 9.17. The average molecular weight is 433 g/mol. The zero-order chi connectivity index (χ0) is 17.0. The summed E-state index contributed by atoms with van der Waals surface area (Å²) in [6.45, 7) is 13.9. The molecule has 0 aliphatic heterocycles. The predicted octanol–water partition coefficient (Wildman–Crippen LogP) is 6.50. The van der Waals surface area contributed by atoms with E-state index in [1.165, 1.54) is 19.0 Å². The monoisotopic (exact) mass is 433 g/mol. The third kappa shape index (κ3) is 4.77. The minimum atomic E-state index is -1.36. The number of halogens is 1. The van der Waals surface area contributed by atoms with E-state index >= 15 is 0 Å². The number of rotatable bonds is 7. The molecule has 0 fully saturated rings. The Morgan fingerprint density at radius 1 is 1.27 bits per heavy atom. The van der Waals surface area contributed by atoms with Crippen LogP contribution in [0.3, 0.4) is 0 Å². The van der Waals surface area contributed by atoms with Gasteiger partial charge in [0.2, 0.25) is 0 Å². The quantitative estimate of drug-likeness (QED) is 0.273. The van der Waals surface area contributed by atoms with Crippen LogP contribution in [0.1, 0.15) is 64.7 Å². The highest BCUT2D eigenvalue weighted by Gasteiger charge is 2.52. The van der Waals surface area contributed by atoms with Crippen LogP contribution in [0.2, 0.25) is 0 Å². The molecule has 1 atom stereocenters. The van der Waals surface area contributed by atoms with Crippen LogP contribution in [0, 0.1) is 3.57 Å². The molecule has 0 bridgehead atoms. The van der Waals surface area contributed by atoms with Crippen molar-refractivity contribution < 1.29 is 4.79 Å². The highest BCUT2D eigenvalue weighted by molar-refractivity contribution is 14.1. The van der Waals surface area contributed by atoms with Gasteiger partial charge in [0.15, 0.2) is 5.78 Å². The SMILES string of the molecule is CCCC[P+](CC(=O)c1cccc(I)c1)(C(C)C)C(C)(C)C. The molecule has 1 unspecified atom stereocenters. The molecular formula is C19H31IOP+. The topological polar surface area (TPSA) is 17.1 Å². The maximum absolute atomic E-state index is 13.0. The smallest absolute Gasteiger partial charge is 0.199 e. The highest BCUT2D eigenvalue weighted by Crippen LogP contribution is 2.72. The van der Waals surface area contributed by atoms with Crippen molar-refractivity contribution in [2.75, 3.05) is 12.3 Å². The Morgan fingerprint density at radius 2 is 1.91 bits per heavy atom. The summed E-state index contributed by atoms with van der Waals surface area (Å²) in [5.74, 6) is 0.339. The molecule has 22 heavy (non-hydrogen) atoms. The van der Waals surface area contributed by atoms with Gasteiger partial charge in [-0.1, -0.05) is 25.5 Å². The first kappa shape index (κ1) is 20.1. The second-order valence-corrected chi connectivity index (χ2v) is 13.9. The number of hydrogen-bond acceptors (Lipinski definition) is 1. The van der Waals surface area contributed by atoms with E-state index in [4.69, 9.17) is 0 Å². The Morgan fingerprint density at radius 3 is 2.36 bits per heavy atom. The van der Waals surface area contributed by atoms with Crippen LogP contribution in [-0.4, -0.2) is 28.9 Å². The van der Waals surface area contributed by atoms with Crippen molar-refractivity contribution in [2.45, 2.75) is 65.2 Å². The molecule has 0 radical (unpaired) electrons. The van der Waals surface area contributed by atoms with Crippen molar-refractivity contribution in [3.8, 4) is 0 Å². The first-order valence-corrected chi connectivity index (χ1v) is 11.6. The summed E-state index contributed by atoms with van der Waals surface area (Å²) in [6, 6.07) is 8.04.